The third kappa shape index (κ3) is 0.928. The molecule has 76 valence electrons. The number of nitrogens with zero attached hydrogens (tertiary/aromatic N) is 2. The summed E-state index contributed by atoms with van der Waals surface area (Å²) < 4.78 is 5.31. The van der Waals surface area contributed by atoms with Crippen molar-refractivity contribution < 1.29 is 4.52 Å². The highest BCUT2D eigenvalue weighted by atomic mass is 16.5. The Bertz CT molecular complexity index is 358. The van der Waals surface area contributed by atoms with Crippen molar-refractivity contribution in [2.75, 3.05) is 0 Å². The van der Waals surface area contributed by atoms with E-state index in [1.54, 1.807) is 0 Å². The summed E-state index contributed by atoms with van der Waals surface area (Å²) in [7, 11) is 0. The summed E-state index contributed by atoms with van der Waals surface area (Å²) in [5.41, 5.74) is 0.312. The highest BCUT2D eigenvalue weighted by Gasteiger charge is 2.60. The van der Waals surface area contributed by atoms with Crippen LogP contribution in [0, 0.1) is 5.92 Å². The van der Waals surface area contributed by atoms with Gasteiger partial charge in [0.15, 0.2) is 5.82 Å². The molecule has 0 spiro atoms. The Morgan fingerprint density at radius 1 is 1.29 bits per heavy atom. The Kier molecular flexibility index (Phi) is 1.33. The van der Waals surface area contributed by atoms with E-state index in [1.165, 1.54) is 19.3 Å². The van der Waals surface area contributed by atoms with Gasteiger partial charge >= 0.3 is 0 Å². The zero-order valence-corrected chi connectivity index (χ0v) is 9.00. The topological polar surface area (TPSA) is 38.9 Å². The van der Waals surface area contributed by atoms with Gasteiger partial charge in [-0.05, 0) is 25.2 Å². The molecular weight excluding hydrogens is 176 g/mol. The van der Waals surface area contributed by atoms with E-state index in [1.807, 2.05) is 0 Å². The van der Waals surface area contributed by atoms with Gasteiger partial charge in [0.2, 0.25) is 5.89 Å². The van der Waals surface area contributed by atoms with E-state index >= 15 is 0 Å². The maximum atomic E-state index is 5.31. The van der Waals surface area contributed by atoms with Gasteiger partial charge in [-0.2, -0.15) is 4.98 Å². The van der Waals surface area contributed by atoms with Crippen LogP contribution in [0.25, 0.3) is 0 Å². The molecule has 2 bridgehead atoms. The first-order chi connectivity index (χ1) is 6.50. The molecule has 0 amide bonds. The van der Waals surface area contributed by atoms with Crippen molar-refractivity contribution in [1.29, 1.82) is 0 Å². The van der Waals surface area contributed by atoms with Gasteiger partial charge < -0.3 is 4.52 Å². The molecule has 0 atom stereocenters. The SMILES string of the molecule is CC(C)(C)c1nc(C23CC(C2)C3)no1. The fraction of sp³-hybridized carbons (Fsp3) is 0.818. The molecule has 0 aliphatic heterocycles. The minimum absolute atomic E-state index is 0.0191. The molecule has 0 aromatic carbocycles. The van der Waals surface area contributed by atoms with Gasteiger partial charge in [0.05, 0.1) is 0 Å². The first-order valence-electron chi connectivity index (χ1n) is 5.34. The van der Waals surface area contributed by atoms with Gasteiger partial charge in [-0.3, -0.25) is 0 Å². The summed E-state index contributed by atoms with van der Waals surface area (Å²) in [6.07, 6.45) is 3.86. The summed E-state index contributed by atoms with van der Waals surface area (Å²) in [5.74, 6) is 2.70. The highest BCUT2D eigenvalue weighted by Crippen LogP contribution is 2.64. The van der Waals surface area contributed by atoms with E-state index in [0.29, 0.717) is 5.41 Å². The molecular formula is C11H16N2O. The van der Waals surface area contributed by atoms with Crippen LogP contribution in [0.5, 0.6) is 0 Å². The Morgan fingerprint density at radius 3 is 2.29 bits per heavy atom. The maximum absolute atomic E-state index is 5.31. The Hall–Kier alpha value is -0.860. The van der Waals surface area contributed by atoms with E-state index in [9.17, 15) is 0 Å². The van der Waals surface area contributed by atoms with Gasteiger partial charge in [-0.15, -0.1) is 0 Å². The molecule has 1 heterocycles. The molecule has 3 fully saturated rings. The van der Waals surface area contributed by atoms with Gasteiger partial charge in [0, 0.05) is 10.8 Å². The van der Waals surface area contributed by atoms with Gasteiger partial charge in [0.1, 0.15) is 0 Å². The third-order valence-corrected chi connectivity index (χ3v) is 3.58. The predicted molar refractivity (Wildman–Crippen MR) is 52.0 cm³/mol. The van der Waals surface area contributed by atoms with Crippen LogP contribution in [0.3, 0.4) is 0 Å². The third-order valence-electron chi connectivity index (χ3n) is 3.58. The average molecular weight is 192 g/mol. The summed E-state index contributed by atoms with van der Waals surface area (Å²) >= 11 is 0. The molecule has 0 N–H and O–H groups in total. The lowest BCUT2D eigenvalue weighted by Gasteiger charge is -2.59. The summed E-state index contributed by atoms with van der Waals surface area (Å²) in [6, 6.07) is 0. The molecule has 3 heteroatoms. The van der Waals surface area contributed by atoms with Crippen LogP contribution < -0.4 is 0 Å². The first kappa shape index (κ1) is 8.45. The standard InChI is InChI=1S/C11H16N2O/c1-10(2,3)9-12-8(13-14-9)11-4-7(5-11)6-11/h7H,4-6H2,1-3H3. The van der Waals surface area contributed by atoms with Crippen molar-refractivity contribution in [2.24, 2.45) is 5.92 Å². The molecule has 14 heavy (non-hydrogen) atoms. The summed E-state index contributed by atoms with van der Waals surface area (Å²) in [6.45, 7) is 6.31. The molecule has 3 nitrogen and oxygen atoms in total. The summed E-state index contributed by atoms with van der Waals surface area (Å²) in [5, 5.41) is 4.13. The van der Waals surface area contributed by atoms with Crippen molar-refractivity contribution in [2.45, 2.75) is 50.9 Å². The lowest BCUT2D eigenvalue weighted by molar-refractivity contribution is -0.0360. The molecule has 0 unspecified atom stereocenters. The van der Waals surface area contributed by atoms with E-state index in [4.69, 9.17) is 4.52 Å². The number of hydrogen-bond acceptors (Lipinski definition) is 3. The molecule has 0 saturated heterocycles. The first-order valence-corrected chi connectivity index (χ1v) is 5.34. The van der Waals surface area contributed by atoms with E-state index < -0.39 is 0 Å². The zero-order valence-electron chi connectivity index (χ0n) is 9.00. The smallest absolute Gasteiger partial charge is 0.232 e. The second-order valence-electron chi connectivity index (χ2n) is 5.93. The minimum Gasteiger partial charge on any atom is -0.339 e. The highest BCUT2D eigenvalue weighted by molar-refractivity contribution is 5.24. The Balaban J connectivity index is 1.90. The number of hydrogen-bond donors (Lipinski definition) is 0. The van der Waals surface area contributed by atoms with Gasteiger partial charge in [0.25, 0.3) is 0 Å². The zero-order chi connectivity index (χ0) is 9.97. The van der Waals surface area contributed by atoms with E-state index in [0.717, 1.165) is 17.6 Å². The van der Waals surface area contributed by atoms with Gasteiger partial charge in [-0.25, -0.2) is 0 Å². The molecule has 1 aromatic heterocycles. The van der Waals surface area contributed by atoms with E-state index in [2.05, 4.69) is 30.9 Å². The molecule has 0 radical (unpaired) electrons. The monoisotopic (exact) mass is 192 g/mol. The lowest BCUT2D eigenvalue weighted by Crippen LogP contribution is -2.55. The second kappa shape index (κ2) is 2.20. The number of rotatable bonds is 1. The fourth-order valence-corrected chi connectivity index (χ4v) is 2.50. The van der Waals surface area contributed by atoms with Crippen LogP contribution >= 0.6 is 0 Å². The van der Waals surface area contributed by atoms with Crippen molar-refractivity contribution in [3.63, 3.8) is 0 Å². The lowest BCUT2D eigenvalue weighted by atomic mass is 9.44. The molecule has 4 rings (SSSR count). The van der Waals surface area contributed by atoms with Crippen LogP contribution in [-0.4, -0.2) is 10.1 Å². The molecule has 1 aromatic rings. The molecule has 3 saturated carbocycles. The average Bonchev–Trinajstić information content (AvgIpc) is 2.26. The number of aromatic nitrogens is 2. The molecule has 3 aliphatic carbocycles. The van der Waals surface area contributed by atoms with Crippen LogP contribution in [-0.2, 0) is 10.8 Å². The van der Waals surface area contributed by atoms with Crippen molar-refractivity contribution in [3.05, 3.63) is 11.7 Å². The predicted octanol–water partition coefficient (Wildman–Crippen LogP) is 2.42. The van der Waals surface area contributed by atoms with Crippen LogP contribution in [0.4, 0.5) is 0 Å². The van der Waals surface area contributed by atoms with Gasteiger partial charge in [-0.1, -0.05) is 25.9 Å². The quantitative estimate of drug-likeness (QED) is 0.686. The van der Waals surface area contributed by atoms with E-state index in [-0.39, 0.29) is 5.41 Å². The van der Waals surface area contributed by atoms with Crippen molar-refractivity contribution in [3.8, 4) is 0 Å². The molecule has 3 aliphatic rings. The van der Waals surface area contributed by atoms with Crippen LogP contribution in [0.15, 0.2) is 4.52 Å². The Labute approximate surface area is 83.9 Å². The maximum Gasteiger partial charge on any atom is 0.232 e. The minimum atomic E-state index is -0.0191. The van der Waals surface area contributed by atoms with Crippen molar-refractivity contribution in [1.82, 2.24) is 10.1 Å². The Morgan fingerprint density at radius 2 is 1.93 bits per heavy atom. The van der Waals surface area contributed by atoms with Crippen LogP contribution in [0.2, 0.25) is 0 Å². The normalized spacial score (nSPS) is 34.9. The fourth-order valence-electron chi connectivity index (χ4n) is 2.50. The second-order valence-corrected chi connectivity index (χ2v) is 5.93. The van der Waals surface area contributed by atoms with Crippen molar-refractivity contribution >= 4 is 0 Å². The summed E-state index contributed by atoms with van der Waals surface area (Å²) in [4.78, 5) is 4.54. The largest absolute Gasteiger partial charge is 0.339 e. The van der Waals surface area contributed by atoms with Crippen LogP contribution in [0.1, 0.15) is 51.7 Å².